The normalized spacial score (nSPS) is 17.1. The lowest BCUT2D eigenvalue weighted by atomic mass is 9.95. The largest absolute Gasteiger partial charge is 0.507 e. The van der Waals surface area contributed by atoms with Crippen molar-refractivity contribution in [1.29, 1.82) is 0 Å². The number of ketones is 1. The Balaban J connectivity index is 1.72. The Kier molecular flexibility index (Phi) is 7.20. The van der Waals surface area contributed by atoms with Crippen molar-refractivity contribution in [3.05, 3.63) is 101 Å². The molecular formula is C29H29NO5. The van der Waals surface area contributed by atoms with Gasteiger partial charge >= 0.3 is 0 Å². The molecule has 4 rings (SSSR count). The molecule has 0 aromatic heterocycles. The summed E-state index contributed by atoms with van der Waals surface area (Å²) < 4.78 is 11.0. The lowest BCUT2D eigenvalue weighted by Gasteiger charge is -2.25. The number of carbonyl (C=O) groups excluding carboxylic acids is 2. The fourth-order valence-corrected chi connectivity index (χ4v) is 4.28. The fourth-order valence-electron chi connectivity index (χ4n) is 4.28. The summed E-state index contributed by atoms with van der Waals surface area (Å²) in [6.07, 6.45) is 0.512. The lowest BCUT2D eigenvalue weighted by Crippen LogP contribution is -2.31. The Morgan fingerprint density at radius 1 is 0.943 bits per heavy atom. The molecule has 1 saturated heterocycles. The number of aliphatic hydroxyl groups is 1. The van der Waals surface area contributed by atoms with E-state index in [0.29, 0.717) is 24.3 Å². The van der Waals surface area contributed by atoms with Crippen molar-refractivity contribution in [3.8, 4) is 11.5 Å². The van der Waals surface area contributed by atoms with E-state index >= 15 is 0 Å². The van der Waals surface area contributed by atoms with Gasteiger partial charge in [0.05, 0.1) is 24.8 Å². The molecule has 1 amide bonds. The Bertz CT molecular complexity index is 1230. The van der Waals surface area contributed by atoms with Crippen LogP contribution in [0.2, 0.25) is 0 Å². The van der Waals surface area contributed by atoms with Crippen LogP contribution in [-0.2, 0) is 16.0 Å². The average Bonchev–Trinajstić information content (AvgIpc) is 3.12. The molecule has 0 radical (unpaired) electrons. The number of carbonyl (C=O) groups is 2. The molecule has 1 fully saturated rings. The number of hydrogen-bond donors (Lipinski definition) is 1. The van der Waals surface area contributed by atoms with E-state index in [-0.39, 0.29) is 17.4 Å². The van der Waals surface area contributed by atoms with Gasteiger partial charge in [-0.05, 0) is 55.7 Å². The highest BCUT2D eigenvalue weighted by Crippen LogP contribution is 2.39. The maximum atomic E-state index is 13.2. The van der Waals surface area contributed by atoms with Crippen molar-refractivity contribution < 1.29 is 24.2 Å². The standard InChI is InChI=1S/C29H29NO5/c1-19(2)35-24-11-7-10-22(18-24)27(31)25-26(21-8-5-4-6-9-21)30(29(33)28(25)32)17-16-20-12-14-23(34-3)15-13-20/h4-15,18-19,26,31H,16-17H2,1-3H3/b27-25-. The molecular weight excluding hydrogens is 442 g/mol. The minimum absolute atomic E-state index is 0.0414. The second-order valence-electron chi connectivity index (χ2n) is 8.70. The number of likely N-dealkylation sites (tertiary alicyclic amines) is 1. The van der Waals surface area contributed by atoms with Crippen LogP contribution in [0.3, 0.4) is 0 Å². The summed E-state index contributed by atoms with van der Waals surface area (Å²) in [5, 5.41) is 11.3. The number of ether oxygens (including phenoxy) is 2. The number of Topliss-reactive ketones (excluding diaryl/α,β-unsaturated/α-hetero) is 1. The minimum Gasteiger partial charge on any atom is -0.507 e. The Morgan fingerprint density at radius 3 is 2.31 bits per heavy atom. The molecule has 1 N–H and O–H groups in total. The van der Waals surface area contributed by atoms with Crippen LogP contribution in [0.25, 0.3) is 5.76 Å². The predicted molar refractivity (Wildman–Crippen MR) is 134 cm³/mol. The SMILES string of the molecule is COc1ccc(CCN2C(=O)C(=O)/C(=C(\O)c3cccc(OC(C)C)c3)C2c2ccccc2)cc1. The zero-order valence-electron chi connectivity index (χ0n) is 20.1. The van der Waals surface area contributed by atoms with Crippen molar-refractivity contribution in [1.82, 2.24) is 4.90 Å². The van der Waals surface area contributed by atoms with Gasteiger partial charge in [0.25, 0.3) is 11.7 Å². The van der Waals surface area contributed by atoms with Gasteiger partial charge in [-0.1, -0.05) is 54.6 Å². The summed E-state index contributed by atoms with van der Waals surface area (Å²) in [5.74, 6) is -0.195. The summed E-state index contributed by atoms with van der Waals surface area (Å²) >= 11 is 0. The molecule has 0 spiro atoms. The Hall–Kier alpha value is -4.06. The fraction of sp³-hybridized carbons (Fsp3) is 0.241. The first-order valence-electron chi connectivity index (χ1n) is 11.6. The zero-order chi connectivity index (χ0) is 24.9. The number of aliphatic hydroxyl groups excluding tert-OH is 1. The van der Waals surface area contributed by atoms with Crippen LogP contribution in [0.1, 0.15) is 36.6 Å². The summed E-state index contributed by atoms with van der Waals surface area (Å²) in [6, 6.07) is 23.2. The van der Waals surface area contributed by atoms with Crippen molar-refractivity contribution in [3.63, 3.8) is 0 Å². The van der Waals surface area contributed by atoms with Gasteiger partial charge in [0.1, 0.15) is 17.3 Å². The van der Waals surface area contributed by atoms with Crippen LogP contribution in [-0.4, -0.2) is 41.5 Å². The van der Waals surface area contributed by atoms with Crippen LogP contribution in [0.4, 0.5) is 0 Å². The average molecular weight is 472 g/mol. The smallest absolute Gasteiger partial charge is 0.295 e. The third kappa shape index (κ3) is 5.22. The van der Waals surface area contributed by atoms with Gasteiger partial charge < -0.3 is 19.5 Å². The molecule has 3 aromatic rings. The highest BCUT2D eigenvalue weighted by atomic mass is 16.5. The van der Waals surface area contributed by atoms with Gasteiger partial charge in [-0.25, -0.2) is 0 Å². The molecule has 0 aliphatic carbocycles. The molecule has 180 valence electrons. The highest BCUT2D eigenvalue weighted by molar-refractivity contribution is 6.46. The molecule has 0 saturated carbocycles. The predicted octanol–water partition coefficient (Wildman–Crippen LogP) is 5.15. The summed E-state index contributed by atoms with van der Waals surface area (Å²) in [5.41, 5.74) is 2.28. The van der Waals surface area contributed by atoms with E-state index in [1.165, 1.54) is 0 Å². The van der Waals surface area contributed by atoms with E-state index in [1.807, 2.05) is 68.4 Å². The van der Waals surface area contributed by atoms with Crippen molar-refractivity contribution in [2.75, 3.05) is 13.7 Å². The summed E-state index contributed by atoms with van der Waals surface area (Å²) in [7, 11) is 1.61. The maximum absolute atomic E-state index is 13.2. The Labute approximate surface area is 205 Å². The van der Waals surface area contributed by atoms with Crippen molar-refractivity contribution in [2.24, 2.45) is 0 Å². The molecule has 1 aliphatic rings. The van der Waals surface area contributed by atoms with E-state index in [0.717, 1.165) is 16.9 Å². The van der Waals surface area contributed by atoms with E-state index in [9.17, 15) is 14.7 Å². The Morgan fingerprint density at radius 2 is 1.66 bits per heavy atom. The zero-order valence-corrected chi connectivity index (χ0v) is 20.1. The number of methoxy groups -OCH3 is 1. The quantitative estimate of drug-likeness (QED) is 0.279. The first kappa shape index (κ1) is 24.1. The van der Waals surface area contributed by atoms with Gasteiger partial charge in [-0.3, -0.25) is 9.59 Å². The van der Waals surface area contributed by atoms with Gasteiger partial charge in [0.15, 0.2) is 0 Å². The highest BCUT2D eigenvalue weighted by Gasteiger charge is 2.45. The topological polar surface area (TPSA) is 76.1 Å². The number of amides is 1. The van der Waals surface area contributed by atoms with Gasteiger partial charge in [-0.15, -0.1) is 0 Å². The molecule has 1 heterocycles. The molecule has 6 heteroatoms. The summed E-state index contributed by atoms with van der Waals surface area (Å²) in [4.78, 5) is 27.9. The minimum atomic E-state index is -0.693. The summed E-state index contributed by atoms with van der Waals surface area (Å²) in [6.45, 7) is 4.15. The molecule has 35 heavy (non-hydrogen) atoms. The number of hydrogen-bond acceptors (Lipinski definition) is 5. The molecule has 0 bridgehead atoms. The van der Waals surface area contributed by atoms with Crippen LogP contribution in [0.5, 0.6) is 11.5 Å². The van der Waals surface area contributed by atoms with E-state index in [2.05, 4.69) is 0 Å². The third-order valence-corrected chi connectivity index (χ3v) is 5.93. The van der Waals surface area contributed by atoms with Gasteiger partial charge in [0, 0.05) is 12.1 Å². The first-order valence-corrected chi connectivity index (χ1v) is 11.6. The molecule has 6 nitrogen and oxygen atoms in total. The molecule has 1 aliphatic heterocycles. The van der Waals surface area contributed by atoms with Gasteiger partial charge in [-0.2, -0.15) is 0 Å². The monoisotopic (exact) mass is 471 g/mol. The second-order valence-corrected chi connectivity index (χ2v) is 8.70. The number of rotatable bonds is 8. The number of benzene rings is 3. The third-order valence-electron chi connectivity index (χ3n) is 5.93. The van der Waals surface area contributed by atoms with E-state index in [4.69, 9.17) is 9.47 Å². The van der Waals surface area contributed by atoms with Crippen molar-refractivity contribution in [2.45, 2.75) is 32.4 Å². The lowest BCUT2D eigenvalue weighted by molar-refractivity contribution is -0.139. The van der Waals surface area contributed by atoms with E-state index < -0.39 is 17.7 Å². The second kappa shape index (κ2) is 10.5. The first-order chi connectivity index (χ1) is 16.9. The molecule has 3 aromatic carbocycles. The van der Waals surface area contributed by atoms with Crippen LogP contribution >= 0.6 is 0 Å². The van der Waals surface area contributed by atoms with Crippen LogP contribution in [0.15, 0.2) is 84.4 Å². The number of nitrogens with zero attached hydrogens (tertiary/aromatic N) is 1. The van der Waals surface area contributed by atoms with E-state index in [1.54, 1.807) is 36.3 Å². The molecule has 1 unspecified atom stereocenters. The van der Waals surface area contributed by atoms with Crippen LogP contribution < -0.4 is 9.47 Å². The van der Waals surface area contributed by atoms with Crippen LogP contribution in [0, 0.1) is 0 Å². The maximum Gasteiger partial charge on any atom is 0.295 e. The van der Waals surface area contributed by atoms with Gasteiger partial charge in [0.2, 0.25) is 0 Å². The molecule has 1 atom stereocenters. The van der Waals surface area contributed by atoms with Crippen molar-refractivity contribution >= 4 is 17.4 Å².